The average Bonchev–Trinajstić information content (AvgIpc) is 3.08. The number of hydrogen-bond acceptors (Lipinski definition) is 5. The van der Waals surface area contributed by atoms with Crippen molar-refractivity contribution >= 4 is 27.5 Å². The maximum absolute atomic E-state index is 12.5. The molecule has 0 atom stereocenters. The molecule has 3 rings (SSSR count). The number of allylic oxidation sites excluding steroid dienone is 1. The number of fused-ring (bicyclic) bond motifs is 1. The van der Waals surface area contributed by atoms with Crippen LogP contribution < -0.4 is 11.2 Å². The first kappa shape index (κ1) is 16.9. The summed E-state index contributed by atoms with van der Waals surface area (Å²) in [5, 5.41) is 0.320. The van der Waals surface area contributed by atoms with Gasteiger partial charge in [-0.2, -0.15) is 0 Å². The lowest BCUT2D eigenvalue weighted by Gasteiger charge is -2.05. The third-order valence-electron chi connectivity index (χ3n) is 3.74. The van der Waals surface area contributed by atoms with Crippen LogP contribution >= 0.6 is 11.3 Å². The molecule has 1 aromatic carbocycles. The molecule has 0 radical (unpaired) electrons. The van der Waals surface area contributed by atoms with E-state index in [0.717, 1.165) is 21.5 Å². The molecule has 128 valence electrons. The van der Waals surface area contributed by atoms with Crippen LogP contribution in [-0.4, -0.2) is 15.1 Å². The van der Waals surface area contributed by atoms with Crippen molar-refractivity contribution in [3.63, 3.8) is 0 Å². The van der Waals surface area contributed by atoms with E-state index in [-0.39, 0.29) is 18.0 Å². The lowest BCUT2D eigenvalue weighted by Crippen LogP contribution is -2.38. The molecule has 7 heteroatoms. The van der Waals surface area contributed by atoms with Crippen molar-refractivity contribution < 1.29 is 9.53 Å². The third-order valence-corrected chi connectivity index (χ3v) is 4.93. The molecule has 3 aromatic rings. The maximum Gasteiger partial charge on any atom is 0.348 e. The first-order valence-corrected chi connectivity index (χ1v) is 8.40. The van der Waals surface area contributed by atoms with Gasteiger partial charge in [0.15, 0.2) is 0 Å². The van der Waals surface area contributed by atoms with Crippen molar-refractivity contribution in [3.8, 4) is 0 Å². The highest BCUT2D eigenvalue weighted by atomic mass is 32.1. The summed E-state index contributed by atoms with van der Waals surface area (Å²) in [7, 11) is 1.57. The summed E-state index contributed by atoms with van der Waals surface area (Å²) in [6.07, 6.45) is 1.48. The Morgan fingerprint density at radius 1 is 1.28 bits per heavy atom. The number of carbonyl (C=O) groups is 1. The van der Waals surface area contributed by atoms with Crippen LogP contribution in [0, 0.1) is 0 Å². The third kappa shape index (κ3) is 3.18. The molecule has 0 fully saturated rings. The predicted molar refractivity (Wildman–Crippen MR) is 97.1 cm³/mol. The minimum absolute atomic E-state index is 0.116. The Kier molecular flexibility index (Phi) is 4.67. The molecule has 0 N–H and O–H groups in total. The number of ether oxygens (including phenoxy) is 1. The summed E-state index contributed by atoms with van der Waals surface area (Å²) >= 11 is 1.07. The average molecular weight is 356 g/mol. The molecule has 0 bridgehead atoms. The van der Waals surface area contributed by atoms with Gasteiger partial charge in [0.1, 0.15) is 16.3 Å². The maximum atomic E-state index is 12.5. The molecule has 0 spiro atoms. The smallest absolute Gasteiger partial charge is 0.348 e. The molecule has 0 aliphatic carbocycles. The SMILES string of the molecule is C=CCn1c(=O)c2cc(C(=O)OCc3ccccc3)sc2n(C)c1=O. The van der Waals surface area contributed by atoms with Crippen molar-refractivity contribution in [2.24, 2.45) is 7.05 Å². The second-order valence-electron chi connectivity index (χ2n) is 5.44. The normalized spacial score (nSPS) is 10.8. The second-order valence-corrected chi connectivity index (χ2v) is 6.47. The predicted octanol–water partition coefficient (Wildman–Crippen LogP) is 2.30. The summed E-state index contributed by atoms with van der Waals surface area (Å²) in [5.41, 5.74) is -0.00230. The molecular formula is C18H16N2O4S. The van der Waals surface area contributed by atoms with Gasteiger partial charge in [-0.05, 0) is 11.6 Å². The van der Waals surface area contributed by atoms with Crippen molar-refractivity contribution in [2.45, 2.75) is 13.2 Å². The number of thiophene rings is 1. The van der Waals surface area contributed by atoms with Crippen molar-refractivity contribution in [1.29, 1.82) is 0 Å². The summed E-state index contributed by atoms with van der Waals surface area (Å²) in [6, 6.07) is 10.8. The number of hydrogen-bond donors (Lipinski definition) is 0. The molecule has 6 nitrogen and oxygen atoms in total. The molecule has 0 saturated heterocycles. The zero-order chi connectivity index (χ0) is 18.0. The highest BCUT2D eigenvalue weighted by Crippen LogP contribution is 2.22. The van der Waals surface area contributed by atoms with Crippen LogP contribution in [0.4, 0.5) is 0 Å². The molecule has 0 saturated carbocycles. The van der Waals surface area contributed by atoms with E-state index >= 15 is 0 Å². The summed E-state index contributed by atoms with van der Waals surface area (Å²) < 4.78 is 7.73. The van der Waals surface area contributed by atoms with E-state index in [1.165, 1.54) is 16.7 Å². The first-order valence-electron chi connectivity index (χ1n) is 7.58. The van der Waals surface area contributed by atoms with Gasteiger partial charge in [-0.25, -0.2) is 9.59 Å². The lowest BCUT2D eigenvalue weighted by molar-refractivity contribution is 0.0478. The Balaban J connectivity index is 1.95. The Labute approximate surface area is 147 Å². The first-order chi connectivity index (χ1) is 12.0. The zero-order valence-corrected chi connectivity index (χ0v) is 14.4. The summed E-state index contributed by atoms with van der Waals surface area (Å²) in [4.78, 5) is 37.7. The van der Waals surface area contributed by atoms with Gasteiger partial charge in [0.25, 0.3) is 5.56 Å². The Hall–Kier alpha value is -2.93. The van der Waals surface area contributed by atoms with E-state index in [4.69, 9.17) is 4.74 Å². The van der Waals surface area contributed by atoms with E-state index in [0.29, 0.717) is 10.2 Å². The van der Waals surface area contributed by atoms with Crippen LogP contribution in [0.5, 0.6) is 0 Å². The van der Waals surface area contributed by atoms with E-state index in [9.17, 15) is 14.4 Å². The Morgan fingerprint density at radius 3 is 2.68 bits per heavy atom. The van der Waals surface area contributed by atoms with Crippen LogP contribution in [0.1, 0.15) is 15.2 Å². The van der Waals surface area contributed by atoms with Gasteiger partial charge in [0.2, 0.25) is 0 Å². The molecule has 2 heterocycles. The van der Waals surface area contributed by atoms with Gasteiger partial charge < -0.3 is 4.74 Å². The second kappa shape index (κ2) is 6.90. The van der Waals surface area contributed by atoms with Gasteiger partial charge in [-0.15, -0.1) is 17.9 Å². The van der Waals surface area contributed by atoms with Crippen molar-refractivity contribution in [1.82, 2.24) is 9.13 Å². The standard InChI is InChI=1S/C18H16N2O4S/c1-3-9-20-15(21)13-10-14(25-16(13)19(2)18(20)23)17(22)24-11-12-7-5-4-6-8-12/h3-8,10H,1,9,11H2,2H3. The molecule has 2 aromatic heterocycles. The van der Waals surface area contributed by atoms with E-state index in [1.54, 1.807) is 7.05 Å². The van der Waals surface area contributed by atoms with Crippen LogP contribution in [-0.2, 0) is 24.9 Å². The lowest BCUT2D eigenvalue weighted by atomic mass is 10.2. The minimum Gasteiger partial charge on any atom is -0.457 e. The van der Waals surface area contributed by atoms with E-state index < -0.39 is 17.2 Å². The van der Waals surface area contributed by atoms with E-state index in [1.807, 2.05) is 30.3 Å². The highest BCUT2D eigenvalue weighted by molar-refractivity contribution is 7.20. The molecular weight excluding hydrogens is 340 g/mol. The van der Waals surface area contributed by atoms with Gasteiger partial charge in [0, 0.05) is 13.6 Å². The fourth-order valence-corrected chi connectivity index (χ4v) is 3.47. The number of nitrogens with zero attached hydrogens (tertiary/aromatic N) is 2. The van der Waals surface area contributed by atoms with Gasteiger partial charge >= 0.3 is 11.7 Å². The fourth-order valence-electron chi connectivity index (χ4n) is 2.47. The number of carbonyl (C=O) groups excluding carboxylic acids is 1. The minimum atomic E-state index is -0.521. The van der Waals surface area contributed by atoms with Crippen LogP contribution in [0.25, 0.3) is 10.2 Å². The largest absolute Gasteiger partial charge is 0.457 e. The molecule has 0 unspecified atom stereocenters. The highest BCUT2D eigenvalue weighted by Gasteiger charge is 2.18. The number of benzene rings is 1. The van der Waals surface area contributed by atoms with Crippen molar-refractivity contribution in [3.05, 3.63) is 80.3 Å². The summed E-state index contributed by atoms with van der Waals surface area (Å²) in [5.74, 6) is -0.521. The van der Waals surface area contributed by atoms with Gasteiger partial charge in [-0.1, -0.05) is 36.4 Å². The summed E-state index contributed by atoms with van der Waals surface area (Å²) in [6.45, 7) is 3.82. The number of aromatic nitrogens is 2. The monoisotopic (exact) mass is 356 g/mol. The quantitative estimate of drug-likeness (QED) is 0.520. The van der Waals surface area contributed by atoms with Gasteiger partial charge in [0.05, 0.1) is 5.39 Å². The van der Waals surface area contributed by atoms with Crippen molar-refractivity contribution in [2.75, 3.05) is 0 Å². The number of rotatable bonds is 5. The van der Waals surface area contributed by atoms with Crippen LogP contribution in [0.2, 0.25) is 0 Å². The van der Waals surface area contributed by atoms with Crippen LogP contribution in [0.3, 0.4) is 0 Å². The molecule has 25 heavy (non-hydrogen) atoms. The zero-order valence-electron chi connectivity index (χ0n) is 13.6. The molecule has 0 aliphatic rings. The Morgan fingerprint density at radius 2 is 2.00 bits per heavy atom. The topological polar surface area (TPSA) is 70.3 Å². The fraction of sp³-hybridized carbons (Fsp3) is 0.167. The molecule has 0 amide bonds. The van der Waals surface area contributed by atoms with Gasteiger partial charge in [-0.3, -0.25) is 13.9 Å². The molecule has 0 aliphatic heterocycles. The number of esters is 1. The number of aryl methyl sites for hydroxylation is 1. The van der Waals surface area contributed by atoms with Crippen LogP contribution in [0.15, 0.2) is 58.6 Å². The Bertz CT molecular complexity index is 1060. The van der Waals surface area contributed by atoms with E-state index in [2.05, 4.69) is 6.58 Å².